The molecule has 2 unspecified atom stereocenters. The molecule has 80 valence electrons. The van der Waals surface area contributed by atoms with Gasteiger partial charge in [0.15, 0.2) is 0 Å². The van der Waals surface area contributed by atoms with E-state index in [-0.39, 0.29) is 6.42 Å². The number of aromatic nitrogens is 1. The molecule has 15 heavy (non-hydrogen) atoms. The normalized spacial score (nSPS) is 25.4. The second-order valence-corrected chi connectivity index (χ2v) is 3.85. The minimum absolute atomic E-state index is 0.201. The lowest BCUT2D eigenvalue weighted by molar-refractivity contribution is -0.312. The standard InChI is InChI=1S/C11H13NO3/c13-9-6-8(11(14)15)4-3-7-2-1-5-12-10(7)9/h1-2,5,8-9,13H,3-4,6H2,(H,14,15)/p-1. The van der Waals surface area contributed by atoms with Crippen molar-refractivity contribution in [1.29, 1.82) is 0 Å². The van der Waals surface area contributed by atoms with E-state index in [4.69, 9.17) is 0 Å². The summed E-state index contributed by atoms with van der Waals surface area (Å²) in [7, 11) is 0. The minimum atomic E-state index is -1.08. The van der Waals surface area contributed by atoms with E-state index in [1.807, 2.05) is 6.07 Å². The molecule has 1 aliphatic carbocycles. The second-order valence-electron chi connectivity index (χ2n) is 3.85. The summed E-state index contributed by atoms with van der Waals surface area (Å²) >= 11 is 0. The van der Waals surface area contributed by atoms with Crippen LogP contribution in [0.3, 0.4) is 0 Å². The number of aliphatic carboxylic acids is 1. The third-order valence-electron chi connectivity index (χ3n) is 2.84. The Labute approximate surface area is 87.6 Å². The average Bonchev–Trinajstić information content (AvgIpc) is 2.39. The van der Waals surface area contributed by atoms with Gasteiger partial charge in [0, 0.05) is 18.1 Å². The lowest BCUT2D eigenvalue weighted by Gasteiger charge is -2.16. The summed E-state index contributed by atoms with van der Waals surface area (Å²) in [6.07, 6.45) is 2.18. The molecule has 0 aliphatic heterocycles. The molecular weight excluding hydrogens is 194 g/mol. The highest BCUT2D eigenvalue weighted by molar-refractivity contribution is 5.67. The molecule has 0 aromatic carbocycles. The smallest absolute Gasteiger partial charge is 0.0968 e. The van der Waals surface area contributed by atoms with Gasteiger partial charge in [-0.15, -0.1) is 0 Å². The number of carbonyl (C=O) groups excluding carboxylic acids is 1. The molecule has 0 saturated carbocycles. The molecular formula is C11H12NO3-. The van der Waals surface area contributed by atoms with Crippen LogP contribution in [0.1, 0.15) is 30.2 Å². The first-order chi connectivity index (χ1) is 7.18. The molecule has 2 atom stereocenters. The van der Waals surface area contributed by atoms with E-state index in [2.05, 4.69) is 4.98 Å². The summed E-state index contributed by atoms with van der Waals surface area (Å²) in [4.78, 5) is 14.9. The zero-order valence-corrected chi connectivity index (χ0v) is 8.22. The lowest BCUT2D eigenvalue weighted by Crippen LogP contribution is -2.32. The molecule has 0 amide bonds. The number of nitrogens with zero attached hydrogens (tertiary/aromatic N) is 1. The Kier molecular flexibility index (Phi) is 2.68. The highest BCUT2D eigenvalue weighted by Crippen LogP contribution is 2.29. The van der Waals surface area contributed by atoms with Crippen molar-refractivity contribution in [2.75, 3.05) is 0 Å². The zero-order chi connectivity index (χ0) is 10.8. The summed E-state index contributed by atoms with van der Waals surface area (Å²) in [5.41, 5.74) is 1.55. The van der Waals surface area contributed by atoms with E-state index in [9.17, 15) is 15.0 Å². The van der Waals surface area contributed by atoms with Crippen LogP contribution >= 0.6 is 0 Å². The Morgan fingerprint density at radius 3 is 3.13 bits per heavy atom. The quantitative estimate of drug-likeness (QED) is 0.647. The number of hydrogen-bond donors (Lipinski definition) is 1. The molecule has 1 heterocycles. The van der Waals surface area contributed by atoms with Gasteiger partial charge in [-0.1, -0.05) is 6.07 Å². The van der Waals surface area contributed by atoms with E-state index in [1.54, 1.807) is 12.3 Å². The van der Waals surface area contributed by atoms with Gasteiger partial charge >= 0.3 is 0 Å². The monoisotopic (exact) mass is 206 g/mol. The highest BCUT2D eigenvalue weighted by atomic mass is 16.4. The predicted molar refractivity (Wildman–Crippen MR) is 50.6 cm³/mol. The summed E-state index contributed by atoms with van der Waals surface area (Å²) in [6.45, 7) is 0. The summed E-state index contributed by atoms with van der Waals surface area (Å²) in [5, 5.41) is 20.6. The molecule has 0 spiro atoms. The molecule has 1 aromatic rings. The van der Waals surface area contributed by atoms with Gasteiger partial charge in [-0.25, -0.2) is 0 Å². The van der Waals surface area contributed by atoms with Crippen LogP contribution in [-0.4, -0.2) is 16.1 Å². The molecule has 4 heteroatoms. The number of aliphatic hydroxyl groups excluding tert-OH is 1. The van der Waals surface area contributed by atoms with E-state index in [1.165, 1.54) is 0 Å². The minimum Gasteiger partial charge on any atom is -0.550 e. The first-order valence-electron chi connectivity index (χ1n) is 5.01. The topological polar surface area (TPSA) is 73.2 Å². The fraction of sp³-hybridized carbons (Fsp3) is 0.455. The second kappa shape index (κ2) is 3.98. The third-order valence-corrected chi connectivity index (χ3v) is 2.84. The third kappa shape index (κ3) is 1.99. The van der Waals surface area contributed by atoms with Crippen LogP contribution in [0.5, 0.6) is 0 Å². The van der Waals surface area contributed by atoms with Crippen LogP contribution in [0, 0.1) is 5.92 Å². The van der Waals surface area contributed by atoms with E-state index in [0.717, 1.165) is 5.56 Å². The van der Waals surface area contributed by atoms with Gasteiger partial charge in [0.25, 0.3) is 0 Å². The maximum Gasteiger partial charge on any atom is 0.0968 e. The number of carbonyl (C=O) groups is 1. The molecule has 1 aromatic heterocycles. The van der Waals surface area contributed by atoms with Crippen molar-refractivity contribution in [2.45, 2.75) is 25.4 Å². The van der Waals surface area contributed by atoms with Crippen LogP contribution in [0.2, 0.25) is 0 Å². The van der Waals surface area contributed by atoms with Crippen molar-refractivity contribution in [3.63, 3.8) is 0 Å². The number of hydrogen-bond acceptors (Lipinski definition) is 4. The molecule has 0 bridgehead atoms. The van der Waals surface area contributed by atoms with Gasteiger partial charge in [-0.05, 0) is 30.9 Å². The van der Waals surface area contributed by atoms with Crippen molar-refractivity contribution < 1.29 is 15.0 Å². The summed E-state index contributed by atoms with van der Waals surface area (Å²) in [6, 6.07) is 3.67. The van der Waals surface area contributed by atoms with Crippen LogP contribution < -0.4 is 5.11 Å². The number of carboxylic acids is 1. The maximum absolute atomic E-state index is 10.8. The van der Waals surface area contributed by atoms with E-state index < -0.39 is 18.0 Å². The van der Waals surface area contributed by atoms with Crippen molar-refractivity contribution in [3.8, 4) is 0 Å². The van der Waals surface area contributed by atoms with Crippen molar-refractivity contribution in [3.05, 3.63) is 29.6 Å². The molecule has 2 rings (SSSR count). The maximum atomic E-state index is 10.8. The largest absolute Gasteiger partial charge is 0.550 e. The number of carboxylic acid groups (broad SMARTS) is 1. The Morgan fingerprint density at radius 2 is 2.40 bits per heavy atom. The molecule has 4 nitrogen and oxygen atoms in total. The molecule has 0 saturated heterocycles. The van der Waals surface area contributed by atoms with Crippen LogP contribution in [-0.2, 0) is 11.2 Å². The Hall–Kier alpha value is -1.42. The number of aliphatic hydroxyl groups is 1. The van der Waals surface area contributed by atoms with Gasteiger partial charge < -0.3 is 15.0 Å². The molecule has 0 fully saturated rings. The number of rotatable bonds is 1. The van der Waals surface area contributed by atoms with Crippen molar-refractivity contribution in [2.24, 2.45) is 5.92 Å². The highest BCUT2D eigenvalue weighted by Gasteiger charge is 2.24. The molecule has 1 N–H and O–H groups in total. The summed E-state index contributed by atoms with van der Waals surface area (Å²) < 4.78 is 0. The number of pyridine rings is 1. The van der Waals surface area contributed by atoms with E-state index in [0.29, 0.717) is 18.5 Å². The fourth-order valence-corrected chi connectivity index (χ4v) is 2.01. The average molecular weight is 206 g/mol. The van der Waals surface area contributed by atoms with Crippen LogP contribution in [0.4, 0.5) is 0 Å². The number of aryl methyl sites for hydroxylation is 1. The van der Waals surface area contributed by atoms with Crippen molar-refractivity contribution >= 4 is 5.97 Å². The number of fused-ring (bicyclic) bond motifs is 1. The Morgan fingerprint density at radius 1 is 1.60 bits per heavy atom. The predicted octanol–water partition coefficient (Wildman–Crippen LogP) is -0.183. The zero-order valence-electron chi connectivity index (χ0n) is 8.22. The van der Waals surface area contributed by atoms with Gasteiger partial charge in [0.2, 0.25) is 0 Å². The Bertz CT molecular complexity index is 378. The van der Waals surface area contributed by atoms with Gasteiger partial charge in [-0.3, -0.25) is 4.98 Å². The van der Waals surface area contributed by atoms with Crippen LogP contribution in [0.15, 0.2) is 18.3 Å². The van der Waals surface area contributed by atoms with E-state index >= 15 is 0 Å². The Balaban J connectivity index is 2.28. The van der Waals surface area contributed by atoms with Gasteiger partial charge in [0.1, 0.15) is 0 Å². The first-order valence-corrected chi connectivity index (χ1v) is 5.01. The fourth-order valence-electron chi connectivity index (χ4n) is 2.01. The molecule has 1 aliphatic rings. The van der Waals surface area contributed by atoms with Gasteiger partial charge in [-0.2, -0.15) is 0 Å². The summed E-state index contributed by atoms with van der Waals surface area (Å²) in [5.74, 6) is -1.66. The molecule has 0 radical (unpaired) electrons. The lowest BCUT2D eigenvalue weighted by atomic mass is 9.99. The van der Waals surface area contributed by atoms with Crippen molar-refractivity contribution in [1.82, 2.24) is 4.98 Å². The van der Waals surface area contributed by atoms with Crippen LogP contribution in [0.25, 0.3) is 0 Å². The first kappa shape index (κ1) is 10.1. The van der Waals surface area contributed by atoms with Gasteiger partial charge in [0.05, 0.1) is 11.8 Å². The SMILES string of the molecule is O=C([O-])C1CCc2cccnc2C(O)C1.